The van der Waals surface area contributed by atoms with Crippen LogP contribution in [0.2, 0.25) is 0 Å². The molecule has 5 heteroatoms. The fourth-order valence-electron chi connectivity index (χ4n) is 2.17. The molecule has 0 unspecified atom stereocenters. The number of aromatic carboxylic acids is 1. The van der Waals surface area contributed by atoms with E-state index in [1.54, 1.807) is 18.2 Å². The van der Waals surface area contributed by atoms with Crippen molar-refractivity contribution in [2.75, 3.05) is 44.7 Å². The molecule has 0 atom stereocenters. The summed E-state index contributed by atoms with van der Waals surface area (Å²) in [5.74, 6) is -0.892. The van der Waals surface area contributed by atoms with E-state index in [0.29, 0.717) is 11.3 Å². The Kier molecular flexibility index (Phi) is 5.18. The molecule has 0 radical (unpaired) electrons. The zero-order chi connectivity index (χ0) is 13.5. The first-order chi connectivity index (χ1) is 9.27. The molecule has 1 heterocycles. The molecule has 1 fully saturated rings. The van der Waals surface area contributed by atoms with E-state index in [-0.39, 0.29) is 0 Å². The molecule has 1 aromatic carbocycles. The quantitative estimate of drug-likeness (QED) is 0.763. The highest BCUT2D eigenvalue weighted by molar-refractivity contribution is 5.94. The Balaban J connectivity index is 1.74. The Bertz CT molecular complexity index is 417. The Morgan fingerprint density at radius 3 is 2.79 bits per heavy atom. The normalized spacial score (nSPS) is 16.2. The minimum atomic E-state index is -0.892. The van der Waals surface area contributed by atoms with E-state index in [0.717, 1.165) is 45.8 Å². The summed E-state index contributed by atoms with van der Waals surface area (Å²) in [7, 11) is 0. The number of carboxylic acids is 1. The number of nitrogens with zero attached hydrogens (tertiary/aromatic N) is 1. The van der Waals surface area contributed by atoms with Crippen molar-refractivity contribution in [2.24, 2.45) is 0 Å². The summed E-state index contributed by atoms with van der Waals surface area (Å²) in [4.78, 5) is 13.4. The number of ether oxygens (including phenoxy) is 1. The second-order valence-electron chi connectivity index (χ2n) is 4.59. The number of anilines is 1. The molecule has 0 aliphatic carbocycles. The van der Waals surface area contributed by atoms with Gasteiger partial charge in [0.05, 0.1) is 18.8 Å². The second kappa shape index (κ2) is 7.11. The predicted octanol–water partition coefficient (Wildman–Crippen LogP) is 1.52. The van der Waals surface area contributed by atoms with Crippen molar-refractivity contribution in [3.05, 3.63) is 29.8 Å². The molecule has 5 nitrogen and oxygen atoms in total. The Labute approximate surface area is 113 Å². The summed E-state index contributed by atoms with van der Waals surface area (Å²) < 4.78 is 5.29. The second-order valence-corrected chi connectivity index (χ2v) is 4.59. The molecule has 2 N–H and O–H groups in total. The summed E-state index contributed by atoms with van der Waals surface area (Å²) in [5.41, 5.74) is 1.02. The van der Waals surface area contributed by atoms with Crippen LogP contribution in [0.15, 0.2) is 24.3 Å². The van der Waals surface area contributed by atoms with Gasteiger partial charge in [-0.1, -0.05) is 12.1 Å². The molecular formula is C14H20N2O3. The van der Waals surface area contributed by atoms with Crippen LogP contribution in [0.4, 0.5) is 5.69 Å². The standard InChI is InChI=1S/C14H20N2O3/c17-14(18)12-4-1-2-5-13(12)15-6-3-7-16-8-10-19-11-9-16/h1-2,4-5,15H,3,6-11H2,(H,17,18). The van der Waals surface area contributed by atoms with E-state index < -0.39 is 5.97 Å². The molecule has 2 rings (SSSR count). The van der Waals surface area contributed by atoms with E-state index in [1.807, 2.05) is 6.07 Å². The van der Waals surface area contributed by atoms with Gasteiger partial charge >= 0.3 is 5.97 Å². The van der Waals surface area contributed by atoms with Gasteiger partial charge in [0.2, 0.25) is 0 Å². The number of morpholine rings is 1. The van der Waals surface area contributed by atoms with Crippen LogP contribution in [0.25, 0.3) is 0 Å². The lowest BCUT2D eigenvalue weighted by molar-refractivity contribution is 0.0378. The third kappa shape index (κ3) is 4.22. The van der Waals surface area contributed by atoms with Crippen LogP contribution < -0.4 is 5.32 Å². The molecule has 0 bridgehead atoms. The van der Waals surface area contributed by atoms with E-state index in [2.05, 4.69) is 10.2 Å². The van der Waals surface area contributed by atoms with Crippen molar-refractivity contribution in [3.63, 3.8) is 0 Å². The topological polar surface area (TPSA) is 61.8 Å². The van der Waals surface area contributed by atoms with Gasteiger partial charge in [-0.25, -0.2) is 4.79 Å². The number of benzene rings is 1. The van der Waals surface area contributed by atoms with Crippen LogP contribution in [-0.2, 0) is 4.74 Å². The zero-order valence-electron chi connectivity index (χ0n) is 11.0. The Morgan fingerprint density at radius 1 is 1.32 bits per heavy atom. The third-order valence-electron chi connectivity index (χ3n) is 3.23. The van der Waals surface area contributed by atoms with Crippen molar-refractivity contribution in [1.82, 2.24) is 4.90 Å². The molecular weight excluding hydrogens is 244 g/mol. The maximum Gasteiger partial charge on any atom is 0.337 e. The van der Waals surface area contributed by atoms with Crippen molar-refractivity contribution >= 4 is 11.7 Å². The van der Waals surface area contributed by atoms with Crippen LogP contribution >= 0.6 is 0 Å². The van der Waals surface area contributed by atoms with E-state index in [4.69, 9.17) is 9.84 Å². The maximum absolute atomic E-state index is 11.0. The van der Waals surface area contributed by atoms with Gasteiger partial charge < -0.3 is 15.2 Å². The van der Waals surface area contributed by atoms with Crippen LogP contribution in [0.5, 0.6) is 0 Å². The van der Waals surface area contributed by atoms with Gasteiger partial charge in [0, 0.05) is 25.3 Å². The number of nitrogens with one attached hydrogen (secondary N) is 1. The van der Waals surface area contributed by atoms with Crippen LogP contribution in [0, 0.1) is 0 Å². The number of rotatable bonds is 6. The highest BCUT2D eigenvalue weighted by Crippen LogP contribution is 2.14. The first-order valence-corrected chi connectivity index (χ1v) is 6.63. The molecule has 0 saturated carbocycles. The third-order valence-corrected chi connectivity index (χ3v) is 3.23. The summed E-state index contributed by atoms with van der Waals surface area (Å²) in [5, 5.41) is 12.3. The lowest BCUT2D eigenvalue weighted by Crippen LogP contribution is -2.37. The van der Waals surface area contributed by atoms with Crippen molar-refractivity contribution in [1.29, 1.82) is 0 Å². The maximum atomic E-state index is 11.0. The first-order valence-electron chi connectivity index (χ1n) is 6.63. The summed E-state index contributed by atoms with van der Waals surface area (Å²) in [6, 6.07) is 7.00. The molecule has 19 heavy (non-hydrogen) atoms. The first kappa shape index (κ1) is 13.8. The largest absolute Gasteiger partial charge is 0.478 e. The van der Waals surface area contributed by atoms with Gasteiger partial charge in [0.15, 0.2) is 0 Å². The van der Waals surface area contributed by atoms with Crippen molar-refractivity contribution < 1.29 is 14.6 Å². The summed E-state index contributed by atoms with van der Waals surface area (Å²) >= 11 is 0. The van der Waals surface area contributed by atoms with Gasteiger partial charge in [-0.15, -0.1) is 0 Å². The molecule has 1 aliphatic rings. The van der Waals surface area contributed by atoms with E-state index in [9.17, 15) is 4.79 Å². The van der Waals surface area contributed by atoms with Crippen LogP contribution in [-0.4, -0.2) is 55.4 Å². The summed E-state index contributed by atoms with van der Waals surface area (Å²) in [6.07, 6.45) is 0.994. The van der Waals surface area contributed by atoms with E-state index in [1.165, 1.54) is 0 Å². The molecule has 0 aromatic heterocycles. The van der Waals surface area contributed by atoms with Gasteiger partial charge in [-0.3, -0.25) is 4.90 Å². The number of hydrogen-bond acceptors (Lipinski definition) is 4. The highest BCUT2D eigenvalue weighted by Gasteiger charge is 2.10. The van der Waals surface area contributed by atoms with Gasteiger partial charge in [-0.05, 0) is 25.1 Å². The Hall–Kier alpha value is -1.59. The molecule has 0 spiro atoms. The molecule has 1 aromatic rings. The van der Waals surface area contributed by atoms with Gasteiger partial charge in [0.1, 0.15) is 0 Å². The van der Waals surface area contributed by atoms with Crippen LogP contribution in [0.1, 0.15) is 16.8 Å². The van der Waals surface area contributed by atoms with Crippen molar-refractivity contribution in [3.8, 4) is 0 Å². The smallest absolute Gasteiger partial charge is 0.337 e. The average Bonchev–Trinajstić information content (AvgIpc) is 2.45. The Morgan fingerprint density at radius 2 is 2.05 bits per heavy atom. The number of carbonyl (C=O) groups is 1. The fraction of sp³-hybridized carbons (Fsp3) is 0.500. The lowest BCUT2D eigenvalue weighted by Gasteiger charge is -2.26. The van der Waals surface area contributed by atoms with Crippen LogP contribution in [0.3, 0.4) is 0 Å². The number of hydrogen-bond donors (Lipinski definition) is 2. The minimum Gasteiger partial charge on any atom is -0.478 e. The number of carboxylic acid groups (broad SMARTS) is 1. The monoisotopic (exact) mass is 264 g/mol. The predicted molar refractivity (Wildman–Crippen MR) is 73.8 cm³/mol. The fourth-order valence-corrected chi connectivity index (χ4v) is 2.17. The van der Waals surface area contributed by atoms with Gasteiger partial charge in [-0.2, -0.15) is 0 Å². The lowest BCUT2D eigenvalue weighted by atomic mass is 10.2. The minimum absolute atomic E-state index is 0.328. The molecule has 1 aliphatic heterocycles. The highest BCUT2D eigenvalue weighted by atomic mass is 16.5. The number of para-hydroxylation sites is 1. The zero-order valence-corrected chi connectivity index (χ0v) is 11.0. The summed E-state index contributed by atoms with van der Waals surface area (Å²) in [6.45, 7) is 5.41. The molecule has 104 valence electrons. The van der Waals surface area contributed by atoms with E-state index >= 15 is 0 Å². The molecule has 0 amide bonds. The van der Waals surface area contributed by atoms with Crippen molar-refractivity contribution in [2.45, 2.75) is 6.42 Å². The average molecular weight is 264 g/mol. The van der Waals surface area contributed by atoms with Gasteiger partial charge in [0.25, 0.3) is 0 Å². The SMILES string of the molecule is O=C(O)c1ccccc1NCCCN1CCOCC1. The molecule has 1 saturated heterocycles.